The van der Waals surface area contributed by atoms with Gasteiger partial charge in [0.05, 0.1) is 29.0 Å². The Balaban J connectivity index is 1.50. The van der Waals surface area contributed by atoms with Gasteiger partial charge in [0, 0.05) is 18.2 Å². The van der Waals surface area contributed by atoms with Crippen LogP contribution in [0.5, 0.6) is 0 Å². The van der Waals surface area contributed by atoms with E-state index in [9.17, 15) is 13.2 Å². The summed E-state index contributed by atoms with van der Waals surface area (Å²) in [5.74, 6) is 1.02. The molecule has 5 rings (SSSR count). The van der Waals surface area contributed by atoms with Crippen LogP contribution in [0.25, 0.3) is 11.2 Å². The van der Waals surface area contributed by atoms with Gasteiger partial charge < -0.3 is 20.4 Å². The standard InChI is InChI=1S/C25H31N5O4S/c1-14-26-22-18(12-21(29-23(22)27-14)30-24(31)15-5-6-15)28-17-8-7-16(11-20(17)35(4,32)33)19-9-10-25(2,3)13-34-19/h7-8,11-12,15,19H,5-6,9-10,13H2,1-4H3,(H3,26,27,28,29,30,31)/t19-/m0/s1. The molecule has 3 aromatic rings. The highest BCUT2D eigenvalue weighted by atomic mass is 32.2. The van der Waals surface area contributed by atoms with Crippen LogP contribution < -0.4 is 10.6 Å². The van der Waals surface area contributed by atoms with Gasteiger partial charge in [0.15, 0.2) is 15.5 Å². The van der Waals surface area contributed by atoms with Crippen molar-refractivity contribution in [3.63, 3.8) is 0 Å². The summed E-state index contributed by atoms with van der Waals surface area (Å²) in [6, 6.07) is 7.06. The van der Waals surface area contributed by atoms with Gasteiger partial charge in [0.1, 0.15) is 17.2 Å². The SMILES string of the molecule is Cc1nc2c(Nc3ccc([C@@H]4CCC(C)(C)CO4)cc3S(C)(=O)=O)cc(NC(=O)C3CC3)nc2[nH]1. The smallest absolute Gasteiger partial charge is 0.228 e. The number of aromatic nitrogens is 3. The second kappa shape index (κ2) is 8.60. The molecule has 1 aliphatic carbocycles. The molecular formula is C25H31N5O4S. The molecule has 0 radical (unpaired) electrons. The molecule has 3 heterocycles. The molecule has 3 N–H and O–H groups in total. The summed E-state index contributed by atoms with van der Waals surface area (Å²) in [4.78, 5) is 24.6. The number of carbonyl (C=O) groups excluding carboxylic acids is 1. The molecule has 0 unspecified atom stereocenters. The third-order valence-electron chi connectivity index (χ3n) is 6.58. The Hall–Kier alpha value is -2.98. The highest BCUT2D eigenvalue weighted by molar-refractivity contribution is 7.90. The number of aromatic amines is 1. The van der Waals surface area contributed by atoms with Crippen molar-refractivity contribution in [1.82, 2.24) is 15.0 Å². The van der Waals surface area contributed by atoms with Crippen LogP contribution in [-0.4, -0.2) is 42.1 Å². The van der Waals surface area contributed by atoms with Crippen LogP contribution in [-0.2, 0) is 19.4 Å². The van der Waals surface area contributed by atoms with Gasteiger partial charge in [0.2, 0.25) is 5.91 Å². The van der Waals surface area contributed by atoms with E-state index < -0.39 is 9.84 Å². The lowest BCUT2D eigenvalue weighted by atomic mass is 9.84. The number of carbonyl (C=O) groups is 1. The first-order valence-corrected chi connectivity index (χ1v) is 13.8. The summed E-state index contributed by atoms with van der Waals surface area (Å²) < 4.78 is 31.6. The number of ether oxygens (including phenoxy) is 1. The topological polar surface area (TPSA) is 126 Å². The maximum Gasteiger partial charge on any atom is 0.228 e. The number of hydrogen-bond donors (Lipinski definition) is 3. The fourth-order valence-electron chi connectivity index (χ4n) is 4.40. The van der Waals surface area contributed by atoms with Crippen molar-refractivity contribution in [1.29, 1.82) is 0 Å². The van der Waals surface area contributed by atoms with Gasteiger partial charge in [-0.25, -0.2) is 18.4 Å². The molecule has 1 atom stereocenters. The predicted molar refractivity (Wildman–Crippen MR) is 135 cm³/mol. The van der Waals surface area contributed by atoms with Crippen LogP contribution in [0, 0.1) is 18.3 Å². The number of hydrogen-bond acceptors (Lipinski definition) is 7. The normalized spacial score (nSPS) is 20.1. The maximum atomic E-state index is 12.8. The zero-order valence-electron chi connectivity index (χ0n) is 20.4. The minimum Gasteiger partial charge on any atom is -0.373 e. The first-order chi connectivity index (χ1) is 16.5. The lowest BCUT2D eigenvalue weighted by Crippen LogP contribution is -2.27. The highest BCUT2D eigenvalue weighted by Crippen LogP contribution is 2.39. The van der Waals surface area contributed by atoms with E-state index in [1.54, 1.807) is 18.2 Å². The fraction of sp³-hybridized carbons (Fsp3) is 0.480. The molecule has 1 saturated carbocycles. The van der Waals surface area contributed by atoms with Crippen LogP contribution >= 0.6 is 0 Å². The molecule has 186 valence electrons. The molecule has 1 aliphatic heterocycles. The van der Waals surface area contributed by atoms with Gasteiger partial charge >= 0.3 is 0 Å². The lowest BCUT2D eigenvalue weighted by Gasteiger charge is -2.34. The molecule has 10 heteroatoms. The van der Waals surface area contributed by atoms with E-state index in [0.29, 0.717) is 40.8 Å². The van der Waals surface area contributed by atoms with E-state index in [0.717, 1.165) is 31.2 Å². The second-order valence-electron chi connectivity index (χ2n) is 10.5. The molecule has 1 aromatic carbocycles. The zero-order chi connectivity index (χ0) is 25.0. The quantitative estimate of drug-likeness (QED) is 0.453. The maximum absolute atomic E-state index is 12.8. The number of nitrogens with zero attached hydrogens (tertiary/aromatic N) is 2. The summed E-state index contributed by atoms with van der Waals surface area (Å²) in [6.07, 6.45) is 4.68. The molecular weight excluding hydrogens is 466 g/mol. The third-order valence-corrected chi connectivity index (χ3v) is 7.71. The lowest BCUT2D eigenvalue weighted by molar-refractivity contribution is -0.117. The van der Waals surface area contributed by atoms with Gasteiger partial charge in [-0.15, -0.1) is 0 Å². The summed E-state index contributed by atoms with van der Waals surface area (Å²) in [7, 11) is -3.55. The number of benzene rings is 1. The van der Waals surface area contributed by atoms with Gasteiger partial charge in [-0.2, -0.15) is 0 Å². The molecule has 9 nitrogen and oxygen atoms in total. The molecule has 0 spiro atoms. The minimum absolute atomic E-state index is 0.0318. The van der Waals surface area contributed by atoms with Crippen molar-refractivity contribution in [2.24, 2.45) is 11.3 Å². The molecule has 1 amide bonds. The highest BCUT2D eigenvalue weighted by Gasteiger charge is 2.31. The third kappa shape index (κ3) is 5.18. The number of aryl methyl sites for hydroxylation is 1. The number of nitrogens with one attached hydrogen (secondary N) is 3. The van der Waals surface area contributed by atoms with Crippen molar-refractivity contribution in [2.45, 2.75) is 57.5 Å². The minimum atomic E-state index is -3.55. The van der Waals surface area contributed by atoms with Crippen molar-refractivity contribution in [2.75, 3.05) is 23.5 Å². The molecule has 2 aliphatic rings. The Morgan fingerprint density at radius 2 is 1.91 bits per heavy atom. The van der Waals surface area contributed by atoms with E-state index in [1.807, 2.05) is 13.0 Å². The molecule has 2 fully saturated rings. The van der Waals surface area contributed by atoms with E-state index in [-0.39, 0.29) is 28.2 Å². The number of anilines is 3. The van der Waals surface area contributed by atoms with Crippen LogP contribution in [0.4, 0.5) is 17.2 Å². The second-order valence-corrected chi connectivity index (χ2v) is 12.5. The first-order valence-electron chi connectivity index (χ1n) is 11.9. The van der Waals surface area contributed by atoms with Gasteiger partial charge in [0.25, 0.3) is 0 Å². The monoisotopic (exact) mass is 497 g/mol. The molecule has 35 heavy (non-hydrogen) atoms. The van der Waals surface area contributed by atoms with Crippen LogP contribution in [0.3, 0.4) is 0 Å². The fourth-order valence-corrected chi connectivity index (χ4v) is 5.27. The van der Waals surface area contributed by atoms with Crippen molar-refractivity contribution in [3.05, 3.63) is 35.7 Å². The van der Waals surface area contributed by atoms with Crippen molar-refractivity contribution < 1.29 is 17.9 Å². The van der Waals surface area contributed by atoms with E-state index in [2.05, 4.69) is 39.4 Å². The molecule has 1 saturated heterocycles. The average molecular weight is 498 g/mol. The number of imidazole rings is 1. The van der Waals surface area contributed by atoms with Gasteiger partial charge in [-0.1, -0.05) is 19.9 Å². The number of pyridine rings is 1. The van der Waals surface area contributed by atoms with E-state index in [4.69, 9.17) is 4.74 Å². The summed E-state index contributed by atoms with van der Waals surface area (Å²) >= 11 is 0. The number of amides is 1. The number of sulfone groups is 1. The summed E-state index contributed by atoms with van der Waals surface area (Å²) in [6.45, 7) is 6.79. The van der Waals surface area contributed by atoms with Gasteiger partial charge in [-0.05, 0) is 55.7 Å². The Morgan fingerprint density at radius 3 is 2.57 bits per heavy atom. The van der Waals surface area contributed by atoms with E-state index >= 15 is 0 Å². The Labute approximate surface area is 205 Å². The zero-order valence-corrected chi connectivity index (χ0v) is 21.3. The Bertz CT molecular complexity index is 1400. The van der Waals surface area contributed by atoms with E-state index in [1.165, 1.54) is 6.26 Å². The van der Waals surface area contributed by atoms with Crippen molar-refractivity contribution >= 4 is 44.1 Å². The predicted octanol–water partition coefficient (Wildman–Crippen LogP) is 4.64. The summed E-state index contributed by atoms with van der Waals surface area (Å²) in [5.41, 5.74) is 3.03. The Kier molecular flexibility index (Phi) is 5.83. The van der Waals surface area contributed by atoms with Crippen LogP contribution in [0.15, 0.2) is 29.2 Å². The number of H-pyrrole nitrogens is 1. The molecule has 0 bridgehead atoms. The number of rotatable bonds is 6. The molecule has 2 aromatic heterocycles. The largest absolute Gasteiger partial charge is 0.373 e. The van der Waals surface area contributed by atoms with Crippen LogP contribution in [0.2, 0.25) is 0 Å². The average Bonchev–Trinajstić information content (AvgIpc) is 3.55. The van der Waals surface area contributed by atoms with Gasteiger partial charge in [-0.3, -0.25) is 4.79 Å². The van der Waals surface area contributed by atoms with Crippen molar-refractivity contribution in [3.8, 4) is 0 Å². The van der Waals surface area contributed by atoms with Crippen LogP contribution in [0.1, 0.15) is 57.0 Å². The Morgan fingerprint density at radius 1 is 1.14 bits per heavy atom. The summed E-state index contributed by atoms with van der Waals surface area (Å²) in [5, 5.41) is 6.11. The first kappa shape index (κ1) is 23.7. The number of fused-ring (bicyclic) bond motifs is 1.